The number of hydrogen-bond acceptors (Lipinski definition) is 3. The third kappa shape index (κ3) is 2.55. The van der Waals surface area contributed by atoms with Crippen molar-refractivity contribution in [3.05, 3.63) is 0 Å². The summed E-state index contributed by atoms with van der Waals surface area (Å²) in [5.41, 5.74) is 0. The van der Waals surface area contributed by atoms with E-state index in [1.54, 1.807) is 0 Å². The van der Waals surface area contributed by atoms with E-state index in [4.69, 9.17) is 5.11 Å². The molecule has 2 fully saturated rings. The Balaban J connectivity index is 2.00. The fraction of sp³-hybridized carbons (Fsp3) is 0.917. The first-order chi connectivity index (χ1) is 7.68. The Hall–Kier alpha value is -0.610. The SMILES string of the molecule is O=C(O)CC1CCCCN1C1CCCC1O. The predicted molar refractivity (Wildman–Crippen MR) is 60.2 cm³/mol. The number of carboxylic acids is 1. The maximum atomic E-state index is 10.8. The van der Waals surface area contributed by atoms with Gasteiger partial charge in [-0.3, -0.25) is 9.69 Å². The van der Waals surface area contributed by atoms with Gasteiger partial charge in [0.25, 0.3) is 0 Å². The molecule has 0 radical (unpaired) electrons. The lowest BCUT2D eigenvalue weighted by molar-refractivity contribution is -0.139. The van der Waals surface area contributed by atoms with Crippen molar-refractivity contribution in [3.8, 4) is 0 Å². The highest BCUT2D eigenvalue weighted by molar-refractivity contribution is 5.67. The molecule has 1 aliphatic heterocycles. The van der Waals surface area contributed by atoms with Gasteiger partial charge in [-0.05, 0) is 38.6 Å². The molecule has 16 heavy (non-hydrogen) atoms. The number of nitrogens with zero attached hydrogens (tertiary/aromatic N) is 1. The second-order valence-corrected chi connectivity index (χ2v) is 5.05. The molecule has 2 N–H and O–H groups in total. The quantitative estimate of drug-likeness (QED) is 0.761. The Morgan fingerprint density at radius 1 is 1.19 bits per heavy atom. The van der Waals surface area contributed by atoms with Crippen LogP contribution in [0.3, 0.4) is 0 Å². The normalized spacial score (nSPS) is 36.4. The van der Waals surface area contributed by atoms with E-state index in [-0.39, 0.29) is 24.6 Å². The molecule has 3 atom stereocenters. The molecule has 0 aromatic carbocycles. The first-order valence-electron chi connectivity index (χ1n) is 6.34. The molecule has 1 saturated heterocycles. The summed E-state index contributed by atoms with van der Waals surface area (Å²) in [7, 11) is 0. The van der Waals surface area contributed by atoms with E-state index in [1.807, 2.05) is 0 Å². The zero-order valence-corrected chi connectivity index (χ0v) is 9.64. The molecule has 0 aromatic rings. The fourth-order valence-electron chi connectivity index (χ4n) is 3.19. The van der Waals surface area contributed by atoms with Crippen molar-refractivity contribution in [1.82, 2.24) is 4.90 Å². The molecule has 0 bridgehead atoms. The van der Waals surface area contributed by atoms with Crippen LogP contribution in [0.1, 0.15) is 44.9 Å². The van der Waals surface area contributed by atoms with Gasteiger partial charge in [-0.15, -0.1) is 0 Å². The molecule has 3 unspecified atom stereocenters. The first-order valence-corrected chi connectivity index (χ1v) is 6.34. The Morgan fingerprint density at radius 2 is 2.00 bits per heavy atom. The summed E-state index contributed by atoms with van der Waals surface area (Å²) in [5, 5.41) is 18.8. The highest BCUT2D eigenvalue weighted by Gasteiger charge is 2.36. The van der Waals surface area contributed by atoms with Crippen LogP contribution in [0.15, 0.2) is 0 Å². The van der Waals surface area contributed by atoms with Gasteiger partial charge in [0.15, 0.2) is 0 Å². The van der Waals surface area contributed by atoms with Crippen LogP contribution in [0, 0.1) is 0 Å². The van der Waals surface area contributed by atoms with Gasteiger partial charge in [0, 0.05) is 12.1 Å². The van der Waals surface area contributed by atoms with Crippen molar-refractivity contribution >= 4 is 5.97 Å². The van der Waals surface area contributed by atoms with Crippen LogP contribution in [-0.4, -0.2) is 45.8 Å². The van der Waals surface area contributed by atoms with Gasteiger partial charge in [-0.2, -0.15) is 0 Å². The lowest BCUT2D eigenvalue weighted by atomic mass is 9.96. The summed E-state index contributed by atoms with van der Waals surface area (Å²) < 4.78 is 0. The zero-order valence-electron chi connectivity index (χ0n) is 9.64. The maximum Gasteiger partial charge on any atom is 0.304 e. The summed E-state index contributed by atoms with van der Waals surface area (Å²) in [4.78, 5) is 13.1. The number of piperidine rings is 1. The molecule has 4 nitrogen and oxygen atoms in total. The number of rotatable bonds is 3. The third-order valence-corrected chi connectivity index (χ3v) is 3.95. The first kappa shape index (κ1) is 11.9. The molecule has 92 valence electrons. The topological polar surface area (TPSA) is 60.8 Å². The van der Waals surface area contributed by atoms with Crippen LogP contribution in [0.5, 0.6) is 0 Å². The predicted octanol–water partition coefficient (Wildman–Crippen LogP) is 1.23. The van der Waals surface area contributed by atoms with Crippen LogP contribution < -0.4 is 0 Å². The fourth-order valence-corrected chi connectivity index (χ4v) is 3.19. The molecule has 1 heterocycles. The van der Waals surface area contributed by atoms with E-state index < -0.39 is 5.97 Å². The molecule has 1 aliphatic carbocycles. The third-order valence-electron chi connectivity index (χ3n) is 3.95. The van der Waals surface area contributed by atoms with Crippen molar-refractivity contribution in [1.29, 1.82) is 0 Å². The summed E-state index contributed by atoms with van der Waals surface area (Å²) in [5.74, 6) is -0.718. The average Bonchev–Trinajstić information content (AvgIpc) is 2.64. The molecule has 0 aromatic heterocycles. The van der Waals surface area contributed by atoms with Crippen molar-refractivity contribution in [3.63, 3.8) is 0 Å². The minimum atomic E-state index is -0.718. The monoisotopic (exact) mass is 227 g/mol. The van der Waals surface area contributed by atoms with Gasteiger partial charge in [0.05, 0.1) is 12.5 Å². The standard InChI is InChI=1S/C12H21NO3/c14-11-6-3-5-10(11)13-7-2-1-4-9(13)8-12(15)16/h9-11,14H,1-8H2,(H,15,16). The summed E-state index contributed by atoms with van der Waals surface area (Å²) >= 11 is 0. The van der Waals surface area contributed by atoms with Crippen LogP contribution in [0.25, 0.3) is 0 Å². The Kier molecular flexibility index (Phi) is 3.82. The van der Waals surface area contributed by atoms with Gasteiger partial charge in [0.1, 0.15) is 0 Å². The molecule has 1 saturated carbocycles. The number of carbonyl (C=O) groups is 1. The maximum absolute atomic E-state index is 10.8. The Morgan fingerprint density at radius 3 is 2.62 bits per heavy atom. The van der Waals surface area contributed by atoms with E-state index in [0.29, 0.717) is 0 Å². The van der Waals surface area contributed by atoms with Crippen LogP contribution in [0.4, 0.5) is 0 Å². The summed E-state index contributed by atoms with van der Waals surface area (Å²) in [6.07, 6.45) is 6.18. The Labute approximate surface area is 96.3 Å². The van der Waals surface area contributed by atoms with Gasteiger partial charge in [-0.1, -0.05) is 6.42 Å². The molecule has 2 rings (SSSR count). The highest BCUT2D eigenvalue weighted by Crippen LogP contribution is 2.30. The second-order valence-electron chi connectivity index (χ2n) is 5.05. The average molecular weight is 227 g/mol. The van der Waals surface area contributed by atoms with Gasteiger partial charge in [0.2, 0.25) is 0 Å². The van der Waals surface area contributed by atoms with Crippen LogP contribution in [-0.2, 0) is 4.79 Å². The molecular weight excluding hydrogens is 206 g/mol. The molecule has 2 aliphatic rings. The molecule has 0 amide bonds. The van der Waals surface area contributed by atoms with Gasteiger partial charge >= 0.3 is 5.97 Å². The van der Waals surface area contributed by atoms with E-state index >= 15 is 0 Å². The van der Waals surface area contributed by atoms with E-state index in [0.717, 1.165) is 45.1 Å². The number of aliphatic hydroxyl groups excluding tert-OH is 1. The van der Waals surface area contributed by atoms with Gasteiger partial charge < -0.3 is 10.2 Å². The second kappa shape index (κ2) is 5.15. The van der Waals surface area contributed by atoms with E-state index in [9.17, 15) is 9.90 Å². The molecule has 4 heteroatoms. The van der Waals surface area contributed by atoms with E-state index in [2.05, 4.69) is 4.90 Å². The van der Waals surface area contributed by atoms with Crippen molar-refractivity contribution in [2.24, 2.45) is 0 Å². The zero-order chi connectivity index (χ0) is 11.5. The number of carboxylic acid groups (broad SMARTS) is 1. The lowest BCUT2D eigenvalue weighted by Crippen LogP contribution is -2.50. The number of aliphatic hydroxyl groups is 1. The minimum Gasteiger partial charge on any atom is -0.481 e. The molecular formula is C12H21NO3. The minimum absolute atomic E-state index is 0.143. The molecule has 0 spiro atoms. The van der Waals surface area contributed by atoms with Crippen LogP contribution in [0.2, 0.25) is 0 Å². The number of aliphatic carboxylic acids is 1. The van der Waals surface area contributed by atoms with Crippen LogP contribution >= 0.6 is 0 Å². The number of hydrogen-bond donors (Lipinski definition) is 2. The lowest BCUT2D eigenvalue weighted by Gasteiger charge is -2.40. The Bertz CT molecular complexity index is 257. The van der Waals surface area contributed by atoms with E-state index in [1.165, 1.54) is 0 Å². The van der Waals surface area contributed by atoms with Crippen molar-refractivity contribution in [2.45, 2.75) is 63.1 Å². The smallest absolute Gasteiger partial charge is 0.304 e. The van der Waals surface area contributed by atoms with Gasteiger partial charge in [-0.25, -0.2) is 0 Å². The van der Waals surface area contributed by atoms with Crippen molar-refractivity contribution in [2.75, 3.05) is 6.54 Å². The summed E-state index contributed by atoms with van der Waals surface area (Å²) in [6, 6.07) is 0.355. The number of likely N-dealkylation sites (tertiary alicyclic amines) is 1. The highest BCUT2D eigenvalue weighted by atomic mass is 16.4. The largest absolute Gasteiger partial charge is 0.481 e. The van der Waals surface area contributed by atoms with Crippen molar-refractivity contribution < 1.29 is 15.0 Å². The summed E-state index contributed by atoms with van der Waals surface area (Å²) in [6.45, 7) is 0.958.